The third-order valence-corrected chi connectivity index (χ3v) is 3.31. The Kier molecular flexibility index (Phi) is 4.38. The Morgan fingerprint density at radius 1 is 1.17 bits per heavy atom. The van der Waals surface area contributed by atoms with Crippen molar-refractivity contribution < 1.29 is 18.7 Å². The number of carbonyl (C=O) groups is 1. The Morgan fingerprint density at radius 3 is 2.74 bits per heavy atom. The number of carbonyl (C=O) groups excluding carboxylic acids is 1. The third-order valence-electron chi connectivity index (χ3n) is 3.31. The molecule has 116 valence electrons. The molecule has 0 aliphatic rings. The van der Waals surface area contributed by atoms with Gasteiger partial charge in [-0.15, -0.1) is 0 Å². The minimum Gasteiger partial charge on any atom is -0.497 e. The van der Waals surface area contributed by atoms with Crippen molar-refractivity contribution >= 4 is 6.29 Å². The lowest BCUT2D eigenvalue weighted by atomic mass is 10.2. The van der Waals surface area contributed by atoms with E-state index in [-0.39, 0.29) is 6.61 Å². The van der Waals surface area contributed by atoms with Crippen LogP contribution in [0.25, 0.3) is 11.3 Å². The van der Waals surface area contributed by atoms with Gasteiger partial charge in [0, 0.05) is 5.56 Å². The summed E-state index contributed by atoms with van der Waals surface area (Å²) in [6, 6.07) is 14.7. The van der Waals surface area contributed by atoms with Crippen molar-refractivity contribution in [1.82, 2.24) is 4.98 Å². The van der Waals surface area contributed by atoms with Crippen LogP contribution >= 0.6 is 0 Å². The van der Waals surface area contributed by atoms with Gasteiger partial charge in [-0.05, 0) is 18.2 Å². The van der Waals surface area contributed by atoms with Crippen LogP contribution in [0.15, 0.2) is 59.1 Å². The first-order valence-corrected chi connectivity index (χ1v) is 7.06. The van der Waals surface area contributed by atoms with Crippen molar-refractivity contribution in [3.63, 3.8) is 0 Å². The highest BCUT2D eigenvalue weighted by Gasteiger charge is 2.09. The summed E-state index contributed by atoms with van der Waals surface area (Å²) in [6.07, 6.45) is 2.38. The van der Waals surface area contributed by atoms with Crippen LogP contribution in [-0.2, 0) is 6.61 Å². The van der Waals surface area contributed by atoms with Gasteiger partial charge in [-0.2, -0.15) is 0 Å². The van der Waals surface area contributed by atoms with Gasteiger partial charge in [0.1, 0.15) is 11.5 Å². The molecule has 3 aromatic rings. The summed E-state index contributed by atoms with van der Waals surface area (Å²) in [5.74, 6) is 2.17. The number of nitrogens with zero attached hydrogens (tertiary/aromatic N) is 1. The van der Waals surface area contributed by atoms with Gasteiger partial charge in [0.15, 0.2) is 18.7 Å². The molecule has 0 N–H and O–H groups in total. The van der Waals surface area contributed by atoms with E-state index < -0.39 is 0 Å². The standard InChI is InChI=1S/C18H15NO4/c1-21-15-7-8-16(14(9-15)11-20)22-12-18-19-10-17(23-18)13-5-3-2-4-6-13/h2-11H,12H2,1H3. The van der Waals surface area contributed by atoms with Gasteiger partial charge in [0.25, 0.3) is 0 Å². The van der Waals surface area contributed by atoms with E-state index in [1.54, 1.807) is 31.5 Å². The molecule has 1 heterocycles. The fraction of sp³-hybridized carbons (Fsp3) is 0.111. The first kappa shape index (κ1) is 14.8. The van der Waals surface area contributed by atoms with E-state index in [0.717, 1.165) is 11.8 Å². The zero-order valence-electron chi connectivity index (χ0n) is 12.6. The largest absolute Gasteiger partial charge is 0.497 e. The highest BCUT2D eigenvalue weighted by Crippen LogP contribution is 2.24. The highest BCUT2D eigenvalue weighted by molar-refractivity contribution is 5.80. The van der Waals surface area contributed by atoms with E-state index in [1.807, 2.05) is 30.3 Å². The Hall–Kier alpha value is -3.08. The van der Waals surface area contributed by atoms with Crippen molar-refractivity contribution in [1.29, 1.82) is 0 Å². The Balaban J connectivity index is 1.72. The third kappa shape index (κ3) is 3.40. The van der Waals surface area contributed by atoms with Gasteiger partial charge in [-0.25, -0.2) is 4.98 Å². The van der Waals surface area contributed by atoms with Crippen LogP contribution in [0, 0.1) is 0 Å². The van der Waals surface area contributed by atoms with E-state index in [2.05, 4.69) is 4.98 Å². The number of rotatable bonds is 6. The fourth-order valence-corrected chi connectivity index (χ4v) is 2.13. The number of ether oxygens (including phenoxy) is 2. The van der Waals surface area contributed by atoms with Gasteiger partial charge in [-0.1, -0.05) is 30.3 Å². The van der Waals surface area contributed by atoms with Crippen molar-refractivity contribution in [2.45, 2.75) is 6.61 Å². The monoisotopic (exact) mass is 309 g/mol. The van der Waals surface area contributed by atoms with E-state index in [0.29, 0.717) is 28.7 Å². The van der Waals surface area contributed by atoms with Gasteiger partial charge in [0.2, 0.25) is 5.89 Å². The van der Waals surface area contributed by atoms with Crippen molar-refractivity contribution in [3.8, 4) is 22.8 Å². The molecule has 1 aromatic heterocycles. The molecule has 23 heavy (non-hydrogen) atoms. The summed E-state index contributed by atoms with van der Waals surface area (Å²) in [7, 11) is 1.54. The van der Waals surface area contributed by atoms with Crippen LogP contribution in [0.2, 0.25) is 0 Å². The summed E-state index contributed by atoms with van der Waals surface area (Å²) in [6.45, 7) is 0.139. The number of hydrogen-bond donors (Lipinski definition) is 0. The molecule has 0 atom stereocenters. The number of oxazole rings is 1. The van der Waals surface area contributed by atoms with E-state index >= 15 is 0 Å². The number of methoxy groups -OCH3 is 1. The Bertz CT molecular complexity index is 796. The van der Waals surface area contributed by atoms with Crippen molar-refractivity contribution in [2.75, 3.05) is 7.11 Å². The minimum absolute atomic E-state index is 0.139. The molecule has 3 rings (SSSR count). The van der Waals surface area contributed by atoms with E-state index in [1.165, 1.54) is 0 Å². The SMILES string of the molecule is COc1ccc(OCc2ncc(-c3ccccc3)o2)c(C=O)c1. The van der Waals surface area contributed by atoms with Crippen molar-refractivity contribution in [2.24, 2.45) is 0 Å². The van der Waals surface area contributed by atoms with Gasteiger partial charge < -0.3 is 13.9 Å². The zero-order valence-corrected chi connectivity index (χ0v) is 12.6. The molecule has 5 heteroatoms. The van der Waals surface area contributed by atoms with Crippen LogP contribution in [-0.4, -0.2) is 18.4 Å². The lowest BCUT2D eigenvalue weighted by molar-refractivity contribution is 0.111. The molecule has 0 radical (unpaired) electrons. The summed E-state index contributed by atoms with van der Waals surface area (Å²) in [4.78, 5) is 15.3. The molecular weight excluding hydrogens is 294 g/mol. The first-order valence-electron chi connectivity index (χ1n) is 7.06. The van der Waals surface area contributed by atoms with E-state index in [4.69, 9.17) is 13.9 Å². The maximum absolute atomic E-state index is 11.1. The highest BCUT2D eigenvalue weighted by atomic mass is 16.5. The molecule has 0 aliphatic carbocycles. The number of hydrogen-bond acceptors (Lipinski definition) is 5. The molecule has 0 bridgehead atoms. The van der Waals surface area contributed by atoms with Crippen LogP contribution in [0.1, 0.15) is 16.2 Å². The predicted molar refractivity (Wildman–Crippen MR) is 84.7 cm³/mol. The average Bonchev–Trinajstić information content (AvgIpc) is 3.09. The number of aldehydes is 1. The maximum Gasteiger partial charge on any atom is 0.232 e. The lowest BCUT2D eigenvalue weighted by Crippen LogP contribution is -1.99. The van der Waals surface area contributed by atoms with Crippen molar-refractivity contribution in [3.05, 3.63) is 66.2 Å². The molecule has 0 aliphatic heterocycles. The summed E-state index contributed by atoms with van der Waals surface area (Å²) < 4.78 is 16.4. The molecule has 0 amide bonds. The molecule has 0 unspecified atom stereocenters. The normalized spacial score (nSPS) is 10.3. The second kappa shape index (κ2) is 6.79. The molecule has 0 saturated carbocycles. The topological polar surface area (TPSA) is 61.6 Å². The second-order valence-corrected chi connectivity index (χ2v) is 4.79. The predicted octanol–water partition coefficient (Wildman–Crippen LogP) is 3.74. The Morgan fingerprint density at radius 2 is 2.00 bits per heavy atom. The Labute approximate surface area is 133 Å². The minimum atomic E-state index is 0.139. The number of aromatic nitrogens is 1. The van der Waals surface area contributed by atoms with Crippen LogP contribution in [0.5, 0.6) is 11.5 Å². The molecule has 0 fully saturated rings. The molecule has 0 saturated heterocycles. The van der Waals surface area contributed by atoms with E-state index in [9.17, 15) is 4.79 Å². The quantitative estimate of drug-likeness (QED) is 0.649. The van der Waals surface area contributed by atoms with Crippen LogP contribution in [0.4, 0.5) is 0 Å². The van der Waals surface area contributed by atoms with Crippen LogP contribution < -0.4 is 9.47 Å². The second-order valence-electron chi connectivity index (χ2n) is 4.79. The van der Waals surface area contributed by atoms with Gasteiger partial charge >= 0.3 is 0 Å². The number of benzene rings is 2. The fourth-order valence-electron chi connectivity index (χ4n) is 2.13. The summed E-state index contributed by atoms with van der Waals surface area (Å²) in [5, 5.41) is 0. The molecule has 0 spiro atoms. The summed E-state index contributed by atoms with van der Waals surface area (Å²) >= 11 is 0. The van der Waals surface area contributed by atoms with Gasteiger partial charge in [-0.3, -0.25) is 4.79 Å². The molecule has 5 nitrogen and oxygen atoms in total. The average molecular weight is 309 g/mol. The zero-order chi connectivity index (χ0) is 16.1. The maximum atomic E-state index is 11.1. The lowest BCUT2D eigenvalue weighted by Gasteiger charge is -2.08. The molecule has 2 aromatic carbocycles. The van der Waals surface area contributed by atoms with Gasteiger partial charge in [0.05, 0.1) is 18.9 Å². The summed E-state index contributed by atoms with van der Waals surface area (Å²) in [5.41, 5.74) is 1.36. The van der Waals surface area contributed by atoms with Crippen LogP contribution in [0.3, 0.4) is 0 Å². The molecular formula is C18H15NO4. The first-order chi connectivity index (χ1) is 11.3. The smallest absolute Gasteiger partial charge is 0.232 e.